The Balaban J connectivity index is 1.64. The van der Waals surface area contributed by atoms with Gasteiger partial charge in [0.1, 0.15) is 0 Å². The molecule has 11 atom stereocenters. The van der Waals surface area contributed by atoms with Gasteiger partial charge in [-0.1, -0.05) is 40.5 Å². The highest BCUT2D eigenvalue weighted by molar-refractivity contribution is 5.95. The van der Waals surface area contributed by atoms with Gasteiger partial charge in [0.25, 0.3) is 0 Å². The molecule has 7 heteroatoms. The summed E-state index contributed by atoms with van der Waals surface area (Å²) in [5.41, 5.74) is -3.42. The standard InChI is InChI=1S/C29H48O7/c1-6-16(7-2)20(30)14-25(34)28(5,35)24-9-11-29(36)18-12-21(31)19-13-22(32)23(33)15-26(19,3)17(18)8-10-27(24,29)4/h12,16-17,19-20,22-25,30,32-36H,6-11,13-15H2,1-5H3/t17-,19-,20?,22+,23-,24-,25+,26+,27+,28+,29+/m0/s1. The van der Waals surface area contributed by atoms with Crippen LogP contribution in [0.25, 0.3) is 0 Å². The summed E-state index contributed by atoms with van der Waals surface area (Å²) < 4.78 is 0. The fraction of sp³-hybridized carbons (Fsp3) is 0.897. The summed E-state index contributed by atoms with van der Waals surface area (Å²) in [6.45, 7) is 9.63. The highest BCUT2D eigenvalue weighted by Crippen LogP contribution is 2.68. The summed E-state index contributed by atoms with van der Waals surface area (Å²) in [6, 6.07) is 0. The number of allylic oxidation sites excluding steroid dienone is 1. The molecule has 1 unspecified atom stereocenters. The number of aliphatic hydroxyl groups is 6. The summed E-state index contributed by atoms with van der Waals surface area (Å²) in [5.74, 6) is -0.938. The molecule has 0 spiro atoms. The quantitative estimate of drug-likeness (QED) is 0.311. The third-order valence-corrected chi connectivity index (χ3v) is 11.6. The Morgan fingerprint density at radius 3 is 2.31 bits per heavy atom. The number of hydrogen-bond acceptors (Lipinski definition) is 7. The van der Waals surface area contributed by atoms with Gasteiger partial charge >= 0.3 is 0 Å². The molecular formula is C29H48O7. The van der Waals surface area contributed by atoms with E-state index in [1.807, 2.05) is 27.7 Å². The maximum absolute atomic E-state index is 13.3. The predicted molar refractivity (Wildman–Crippen MR) is 136 cm³/mol. The number of rotatable bonds is 7. The van der Waals surface area contributed by atoms with E-state index < -0.39 is 52.4 Å². The Morgan fingerprint density at radius 1 is 1.06 bits per heavy atom. The molecular weight excluding hydrogens is 460 g/mol. The molecule has 0 aliphatic heterocycles. The van der Waals surface area contributed by atoms with Crippen molar-refractivity contribution in [2.24, 2.45) is 34.5 Å². The van der Waals surface area contributed by atoms with Crippen LogP contribution in [-0.2, 0) is 4.79 Å². The van der Waals surface area contributed by atoms with E-state index in [-0.39, 0.29) is 36.4 Å². The Hall–Kier alpha value is -0.830. The maximum Gasteiger partial charge on any atom is 0.159 e. The fourth-order valence-electron chi connectivity index (χ4n) is 9.03. The molecule has 6 N–H and O–H groups in total. The summed E-state index contributed by atoms with van der Waals surface area (Å²) in [5, 5.41) is 66.6. The van der Waals surface area contributed by atoms with Gasteiger partial charge < -0.3 is 30.6 Å². The normalized spacial score (nSPS) is 45.8. The molecule has 0 aromatic heterocycles. The number of carbonyl (C=O) groups is 1. The largest absolute Gasteiger partial charge is 0.393 e. The van der Waals surface area contributed by atoms with E-state index in [2.05, 4.69) is 0 Å². The third kappa shape index (κ3) is 3.95. The molecule has 0 aromatic rings. The van der Waals surface area contributed by atoms with Gasteiger partial charge in [0, 0.05) is 17.8 Å². The second-order valence-electron chi connectivity index (χ2n) is 13.2. The minimum atomic E-state index is -1.52. The summed E-state index contributed by atoms with van der Waals surface area (Å²) in [7, 11) is 0. The van der Waals surface area contributed by atoms with Gasteiger partial charge in [-0.05, 0) is 80.3 Å². The Morgan fingerprint density at radius 2 is 1.69 bits per heavy atom. The third-order valence-electron chi connectivity index (χ3n) is 11.6. The molecule has 0 radical (unpaired) electrons. The molecule has 3 fully saturated rings. The number of ketones is 1. The van der Waals surface area contributed by atoms with Crippen LogP contribution in [0.3, 0.4) is 0 Å². The topological polar surface area (TPSA) is 138 Å². The monoisotopic (exact) mass is 508 g/mol. The van der Waals surface area contributed by atoms with Gasteiger partial charge in [0.05, 0.1) is 35.6 Å². The Labute approximate surface area is 215 Å². The fourth-order valence-corrected chi connectivity index (χ4v) is 9.03. The second-order valence-corrected chi connectivity index (χ2v) is 13.2. The zero-order valence-corrected chi connectivity index (χ0v) is 22.7. The number of carbonyl (C=O) groups excluding carboxylic acids is 1. The number of fused-ring (bicyclic) bond motifs is 5. The highest BCUT2D eigenvalue weighted by atomic mass is 16.3. The summed E-state index contributed by atoms with van der Waals surface area (Å²) in [4.78, 5) is 13.3. The van der Waals surface area contributed by atoms with Crippen LogP contribution in [0.2, 0.25) is 0 Å². The van der Waals surface area contributed by atoms with Gasteiger partial charge in [0.15, 0.2) is 5.78 Å². The van der Waals surface area contributed by atoms with Crippen molar-refractivity contribution in [3.63, 3.8) is 0 Å². The molecule has 0 bridgehead atoms. The van der Waals surface area contributed by atoms with E-state index >= 15 is 0 Å². The first kappa shape index (κ1) is 28.2. The lowest BCUT2D eigenvalue weighted by Gasteiger charge is -2.60. The zero-order chi connectivity index (χ0) is 26.8. The van der Waals surface area contributed by atoms with Gasteiger partial charge in [-0.25, -0.2) is 0 Å². The van der Waals surface area contributed by atoms with Crippen molar-refractivity contribution in [2.45, 2.75) is 128 Å². The van der Waals surface area contributed by atoms with E-state index in [4.69, 9.17) is 0 Å². The molecule has 0 heterocycles. The van der Waals surface area contributed by atoms with Crippen molar-refractivity contribution in [1.29, 1.82) is 0 Å². The first-order chi connectivity index (χ1) is 16.7. The minimum Gasteiger partial charge on any atom is -0.393 e. The summed E-state index contributed by atoms with van der Waals surface area (Å²) in [6.07, 6.45) is 2.34. The van der Waals surface area contributed by atoms with Crippen LogP contribution in [0.5, 0.6) is 0 Å². The molecule has 0 saturated heterocycles. The lowest BCUT2D eigenvalue weighted by molar-refractivity contribution is -0.179. The maximum atomic E-state index is 13.3. The molecule has 4 aliphatic carbocycles. The molecule has 36 heavy (non-hydrogen) atoms. The van der Waals surface area contributed by atoms with Crippen molar-refractivity contribution in [3.05, 3.63) is 11.6 Å². The van der Waals surface area contributed by atoms with Crippen LogP contribution < -0.4 is 0 Å². The van der Waals surface area contributed by atoms with E-state index in [0.717, 1.165) is 12.8 Å². The molecule has 4 rings (SSSR count). The molecule has 3 saturated carbocycles. The average Bonchev–Trinajstić information content (AvgIpc) is 3.08. The van der Waals surface area contributed by atoms with Gasteiger partial charge in [-0.2, -0.15) is 0 Å². The van der Waals surface area contributed by atoms with E-state index in [9.17, 15) is 35.4 Å². The smallest absolute Gasteiger partial charge is 0.159 e. The van der Waals surface area contributed by atoms with Crippen LogP contribution in [-0.4, -0.2) is 72.0 Å². The zero-order valence-electron chi connectivity index (χ0n) is 22.7. The Kier molecular flexibility index (Phi) is 7.38. The van der Waals surface area contributed by atoms with Crippen LogP contribution in [0.1, 0.15) is 92.4 Å². The lowest BCUT2D eigenvalue weighted by Crippen LogP contribution is -2.63. The number of aliphatic hydroxyl groups excluding tert-OH is 4. The molecule has 0 amide bonds. The van der Waals surface area contributed by atoms with Gasteiger partial charge in [-0.15, -0.1) is 0 Å². The first-order valence-corrected chi connectivity index (χ1v) is 14.1. The van der Waals surface area contributed by atoms with Crippen molar-refractivity contribution in [3.8, 4) is 0 Å². The Bertz CT molecular complexity index is 881. The minimum absolute atomic E-state index is 0.0541. The molecule has 4 aliphatic rings. The van der Waals surface area contributed by atoms with Crippen molar-refractivity contribution in [1.82, 2.24) is 0 Å². The van der Waals surface area contributed by atoms with E-state index in [0.29, 0.717) is 37.7 Å². The van der Waals surface area contributed by atoms with Crippen LogP contribution in [0.4, 0.5) is 0 Å². The first-order valence-electron chi connectivity index (χ1n) is 14.1. The van der Waals surface area contributed by atoms with Crippen molar-refractivity contribution in [2.75, 3.05) is 0 Å². The summed E-state index contributed by atoms with van der Waals surface area (Å²) >= 11 is 0. The van der Waals surface area contributed by atoms with Crippen LogP contribution in [0, 0.1) is 34.5 Å². The lowest BCUT2D eigenvalue weighted by atomic mass is 9.45. The SMILES string of the molecule is CCC(CC)C(O)C[C@@H](O)[C@](C)(O)[C@H]1CC[C@@]2(O)C3=CC(=O)[C@@H]4C[C@@H](O)[C@@H](O)C[C@]4(C)[C@H]3CC[C@]12C. The van der Waals surface area contributed by atoms with E-state index in [1.54, 1.807) is 13.0 Å². The molecule has 7 nitrogen and oxygen atoms in total. The highest BCUT2D eigenvalue weighted by Gasteiger charge is 2.69. The van der Waals surface area contributed by atoms with Gasteiger partial charge in [0.2, 0.25) is 0 Å². The molecule has 206 valence electrons. The van der Waals surface area contributed by atoms with Gasteiger partial charge in [-0.3, -0.25) is 4.79 Å². The predicted octanol–water partition coefficient (Wildman–Crippen LogP) is 2.49. The van der Waals surface area contributed by atoms with Crippen LogP contribution in [0.15, 0.2) is 11.6 Å². The van der Waals surface area contributed by atoms with Crippen LogP contribution >= 0.6 is 0 Å². The number of hydrogen-bond donors (Lipinski definition) is 6. The second kappa shape index (κ2) is 9.42. The molecule has 0 aromatic carbocycles. The van der Waals surface area contributed by atoms with Crippen molar-refractivity contribution < 1.29 is 35.4 Å². The average molecular weight is 509 g/mol. The van der Waals surface area contributed by atoms with Crippen molar-refractivity contribution >= 4 is 5.78 Å². The van der Waals surface area contributed by atoms with E-state index in [1.165, 1.54) is 0 Å².